The molecule has 1 fully saturated rings. The average molecular weight is 447 g/mol. The fraction of sp³-hybridized carbons (Fsp3) is 0.526. The number of cyclic esters (lactones) is 1. The monoisotopic (exact) mass is 446 g/mol. The molecule has 2 rings (SSSR count). The molecule has 2 N–H and O–H groups in total. The van der Waals surface area contributed by atoms with Gasteiger partial charge in [0.05, 0.1) is 6.04 Å². The van der Waals surface area contributed by atoms with Gasteiger partial charge in [0.2, 0.25) is 0 Å². The first-order chi connectivity index (χ1) is 13.6. The van der Waals surface area contributed by atoms with Crippen molar-refractivity contribution in [3.63, 3.8) is 0 Å². The van der Waals surface area contributed by atoms with Gasteiger partial charge in [-0.3, -0.25) is 9.80 Å². The summed E-state index contributed by atoms with van der Waals surface area (Å²) in [4.78, 5) is 37.8. The lowest BCUT2D eigenvalue weighted by Crippen LogP contribution is -2.47. The van der Waals surface area contributed by atoms with E-state index in [1.165, 1.54) is 4.90 Å². The van der Waals surface area contributed by atoms with Crippen LogP contribution in [-0.4, -0.2) is 63.4 Å². The van der Waals surface area contributed by atoms with Crippen LogP contribution in [0.3, 0.4) is 0 Å². The minimum absolute atomic E-state index is 0.0124. The number of aliphatic carboxylic acids is 1. The van der Waals surface area contributed by atoms with Crippen LogP contribution in [0.2, 0.25) is 10.0 Å². The third kappa shape index (κ3) is 6.40. The summed E-state index contributed by atoms with van der Waals surface area (Å²) >= 11 is 12.0. The molecule has 8 nitrogen and oxygen atoms in total. The molecule has 0 radical (unpaired) electrons. The second-order valence-electron chi connectivity index (χ2n) is 7.38. The number of rotatable bonds is 9. The quantitative estimate of drug-likeness (QED) is 0.588. The highest BCUT2D eigenvalue weighted by Gasteiger charge is 2.36. The molecule has 10 heteroatoms. The predicted molar refractivity (Wildman–Crippen MR) is 107 cm³/mol. The Morgan fingerprint density at radius 2 is 1.86 bits per heavy atom. The molecule has 1 aliphatic rings. The zero-order chi connectivity index (χ0) is 21.7. The Hall–Kier alpha value is -2.19. The van der Waals surface area contributed by atoms with Crippen LogP contribution >= 0.6 is 23.2 Å². The van der Waals surface area contributed by atoms with Gasteiger partial charge in [-0.15, -0.1) is 0 Å². The van der Waals surface area contributed by atoms with Crippen molar-refractivity contribution in [3.05, 3.63) is 33.8 Å². The number of carboxylic acid groups (broad SMARTS) is 2. The van der Waals surface area contributed by atoms with Crippen molar-refractivity contribution < 1.29 is 29.3 Å². The van der Waals surface area contributed by atoms with Gasteiger partial charge in [-0.2, -0.15) is 0 Å². The van der Waals surface area contributed by atoms with Crippen LogP contribution in [-0.2, 0) is 16.1 Å². The van der Waals surface area contributed by atoms with E-state index in [4.69, 9.17) is 27.9 Å². The van der Waals surface area contributed by atoms with Crippen molar-refractivity contribution >= 4 is 41.4 Å². The molecule has 1 heterocycles. The van der Waals surface area contributed by atoms with Gasteiger partial charge in [-0.25, -0.2) is 14.4 Å². The van der Waals surface area contributed by atoms with Gasteiger partial charge in [0, 0.05) is 23.1 Å². The number of hydrogen-bond acceptors (Lipinski definition) is 4. The largest absolute Gasteiger partial charge is 0.480 e. The smallest absolute Gasteiger partial charge is 0.410 e. The molecule has 1 aliphatic heterocycles. The number of carbonyl (C=O) groups excluding carboxylic acids is 1. The normalized spacial score (nSPS) is 17.3. The maximum atomic E-state index is 12.1. The predicted octanol–water partition coefficient (Wildman–Crippen LogP) is 4.18. The van der Waals surface area contributed by atoms with Crippen LogP contribution in [0.1, 0.15) is 32.3 Å². The van der Waals surface area contributed by atoms with Crippen LogP contribution in [0.15, 0.2) is 18.2 Å². The lowest BCUT2D eigenvalue weighted by atomic mass is 10.0. The van der Waals surface area contributed by atoms with Crippen LogP contribution < -0.4 is 0 Å². The topological polar surface area (TPSA) is 107 Å². The lowest BCUT2D eigenvalue weighted by Gasteiger charge is -2.29. The van der Waals surface area contributed by atoms with Crippen molar-refractivity contribution in [1.29, 1.82) is 0 Å². The molecular formula is C19H24Cl2N2O6. The van der Waals surface area contributed by atoms with Gasteiger partial charge in [-0.05, 0) is 42.5 Å². The van der Waals surface area contributed by atoms with Crippen molar-refractivity contribution in [1.82, 2.24) is 9.80 Å². The summed E-state index contributed by atoms with van der Waals surface area (Å²) in [7, 11) is 0. The third-order valence-electron chi connectivity index (χ3n) is 4.65. The second kappa shape index (κ2) is 10.0. The zero-order valence-corrected chi connectivity index (χ0v) is 17.7. The third-order valence-corrected chi connectivity index (χ3v) is 5.09. The van der Waals surface area contributed by atoms with Crippen LogP contribution in [0.5, 0.6) is 0 Å². The van der Waals surface area contributed by atoms with Crippen molar-refractivity contribution in [3.8, 4) is 0 Å². The Bertz CT molecular complexity index is 753. The number of benzene rings is 1. The van der Waals surface area contributed by atoms with Crippen LogP contribution in [0.25, 0.3) is 0 Å². The molecule has 29 heavy (non-hydrogen) atoms. The SMILES string of the molecule is CC(C)CC(C(=O)O)N(CCC1COC(=O)N1Cc1cc(Cl)cc(Cl)c1)C(=O)O. The molecule has 160 valence electrons. The number of ether oxygens (including phenoxy) is 1. The summed E-state index contributed by atoms with van der Waals surface area (Å²) in [5, 5.41) is 19.8. The number of hydrogen-bond donors (Lipinski definition) is 2. The first kappa shape index (κ1) is 23.1. The zero-order valence-electron chi connectivity index (χ0n) is 16.2. The van der Waals surface area contributed by atoms with E-state index in [2.05, 4.69) is 0 Å². The molecule has 2 unspecified atom stereocenters. The van der Waals surface area contributed by atoms with Crippen LogP contribution in [0, 0.1) is 5.92 Å². The number of nitrogens with zero attached hydrogens (tertiary/aromatic N) is 2. The Kier molecular flexibility index (Phi) is 7.98. The van der Waals surface area contributed by atoms with Crippen molar-refractivity contribution in [2.24, 2.45) is 5.92 Å². The lowest BCUT2D eigenvalue weighted by molar-refractivity contribution is -0.143. The molecule has 1 aromatic rings. The minimum Gasteiger partial charge on any atom is -0.480 e. The van der Waals surface area contributed by atoms with Gasteiger partial charge in [0.1, 0.15) is 12.6 Å². The molecular weight excluding hydrogens is 423 g/mol. The van der Waals surface area contributed by atoms with Gasteiger partial charge in [0.15, 0.2) is 0 Å². The maximum absolute atomic E-state index is 12.1. The van der Waals surface area contributed by atoms with Crippen molar-refractivity contribution in [2.75, 3.05) is 13.2 Å². The Labute approximate surface area is 178 Å². The molecule has 0 aliphatic carbocycles. The molecule has 2 atom stereocenters. The Morgan fingerprint density at radius 1 is 1.24 bits per heavy atom. The second-order valence-corrected chi connectivity index (χ2v) is 8.26. The number of halogens is 2. The summed E-state index contributed by atoms with van der Waals surface area (Å²) in [6.45, 7) is 3.93. The summed E-state index contributed by atoms with van der Waals surface area (Å²) in [6.07, 6.45) is -1.39. The molecule has 0 saturated carbocycles. The van der Waals surface area contributed by atoms with Crippen LogP contribution in [0.4, 0.5) is 9.59 Å². The van der Waals surface area contributed by atoms with E-state index >= 15 is 0 Å². The fourth-order valence-corrected chi connectivity index (χ4v) is 3.87. The first-order valence-electron chi connectivity index (χ1n) is 9.19. The van der Waals surface area contributed by atoms with E-state index in [1.807, 2.05) is 13.8 Å². The average Bonchev–Trinajstić information content (AvgIpc) is 2.92. The van der Waals surface area contributed by atoms with Gasteiger partial charge in [0.25, 0.3) is 0 Å². The maximum Gasteiger partial charge on any atom is 0.410 e. The van der Waals surface area contributed by atoms with Gasteiger partial charge in [-0.1, -0.05) is 37.0 Å². The molecule has 1 aromatic carbocycles. The number of carbonyl (C=O) groups is 3. The van der Waals surface area contributed by atoms with Gasteiger partial charge < -0.3 is 14.9 Å². The molecule has 0 spiro atoms. The summed E-state index contributed by atoms with van der Waals surface area (Å²) < 4.78 is 5.11. The van der Waals surface area contributed by atoms with Crippen molar-refractivity contribution in [2.45, 2.75) is 45.3 Å². The number of carboxylic acids is 1. The van der Waals surface area contributed by atoms with E-state index in [1.54, 1.807) is 18.2 Å². The van der Waals surface area contributed by atoms with E-state index in [-0.39, 0.29) is 38.5 Å². The molecule has 2 amide bonds. The van der Waals surface area contributed by atoms with E-state index in [9.17, 15) is 24.6 Å². The highest BCUT2D eigenvalue weighted by Crippen LogP contribution is 2.24. The Balaban J connectivity index is 2.10. The van der Waals surface area contributed by atoms with E-state index < -0.39 is 30.2 Å². The first-order valence-corrected chi connectivity index (χ1v) is 9.94. The fourth-order valence-electron chi connectivity index (χ4n) is 3.30. The van der Waals surface area contributed by atoms with E-state index in [0.29, 0.717) is 15.6 Å². The Morgan fingerprint density at radius 3 is 2.38 bits per heavy atom. The number of amides is 2. The molecule has 0 aromatic heterocycles. The summed E-state index contributed by atoms with van der Waals surface area (Å²) in [6, 6.07) is 3.41. The van der Waals surface area contributed by atoms with Gasteiger partial charge >= 0.3 is 18.2 Å². The summed E-state index contributed by atoms with van der Waals surface area (Å²) in [5.74, 6) is -1.18. The highest BCUT2D eigenvalue weighted by atomic mass is 35.5. The summed E-state index contributed by atoms with van der Waals surface area (Å²) in [5.41, 5.74) is 0.713. The molecule has 0 bridgehead atoms. The molecule has 1 saturated heterocycles. The standard InChI is InChI=1S/C19H24Cl2N2O6/c1-11(2)5-16(17(24)25)22(18(26)27)4-3-15-10-29-19(28)23(15)9-12-6-13(20)8-14(21)7-12/h6-8,11,15-16H,3-5,9-10H2,1-2H3,(H,24,25)(H,26,27). The van der Waals surface area contributed by atoms with E-state index in [0.717, 1.165) is 4.90 Å². The minimum atomic E-state index is -1.31. The highest BCUT2D eigenvalue weighted by molar-refractivity contribution is 6.34.